The van der Waals surface area contributed by atoms with Gasteiger partial charge in [-0.15, -0.1) is 0 Å². The quantitative estimate of drug-likeness (QED) is 0.771. The van der Waals surface area contributed by atoms with E-state index in [1.807, 2.05) is 36.4 Å². The lowest BCUT2D eigenvalue weighted by molar-refractivity contribution is -0.139. The molecular formula is C19H18FNO4. The van der Waals surface area contributed by atoms with Gasteiger partial charge in [0.25, 0.3) is 5.91 Å². The summed E-state index contributed by atoms with van der Waals surface area (Å²) in [5.74, 6) is -2.86. The number of nitrogens with one attached hydrogen (secondary N) is 1. The van der Waals surface area contributed by atoms with Gasteiger partial charge in [-0.3, -0.25) is 14.4 Å². The van der Waals surface area contributed by atoms with Crippen LogP contribution in [0.15, 0.2) is 54.6 Å². The second-order valence-corrected chi connectivity index (χ2v) is 5.59. The van der Waals surface area contributed by atoms with Crippen molar-refractivity contribution in [3.63, 3.8) is 0 Å². The van der Waals surface area contributed by atoms with Crippen LogP contribution in [-0.4, -0.2) is 35.5 Å². The molecule has 0 aliphatic heterocycles. The second-order valence-electron chi connectivity index (χ2n) is 5.59. The van der Waals surface area contributed by atoms with Crippen LogP contribution in [0.25, 0.3) is 0 Å². The zero-order valence-corrected chi connectivity index (χ0v) is 13.4. The maximum atomic E-state index is 12.6. The zero-order chi connectivity index (χ0) is 18.2. The molecule has 2 rings (SSSR count). The smallest absolute Gasteiger partial charge is 0.305 e. The summed E-state index contributed by atoms with van der Waals surface area (Å²) in [6.07, 6.45) is -0.0257. The molecule has 2 N–H and O–H groups in total. The Morgan fingerprint density at radius 2 is 1.68 bits per heavy atom. The minimum atomic E-state index is -1.38. The van der Waals surface area contributed by atoms with Crippen LogP contribution in [0.1, 0.15) is 27.9 Å². The fourth-order valence-corrected chi connectivity index (χ4v) is 2.41. The molecule has 0 aromatic heterocycles. The Morgan fingerprint density at radius 1 is 1.00 bits per heavy atom. The van der Waals surface area contributed by atoms with Crippen LogP contribution in [0.3, 0.4) is 0 Å². The molecule has 0 saturated heterocycles. The van der Waals surface area contributed by atoms with Crippen LogP contribution in [0.4, 0.5) is 4.39 Å². The highest BCUT2D eigenvalue weighted by Crippen LogP contribution is 2.12. The fraction of sp³-hybridized carbons (Fsp3) is 0.211. The van der Waals surface area contributed by atoms with Crippen molar-refractivity contribution in [1.29, 1.82) is 0 Å². The van der Waals surface area contributed by atoms with Crippen molar-refractivity contribution in [3.8, 4) is 0 Å². The summed E-state index contributed by atoms with van der Waals surface area (Å²) in [6, 6.07) is 15.1. The molecule has 2 aromatic carbocycles. The molecule has 0 spiro atoms. The Kier molecular flexibility index (Phi) is 6.39. The SMILES string of the molecule is O=C(O)CC(NC(=O)c1cccc(Cc2ccccc2)c1)C(=O)CF. The number of Topliss-reactive ketones (excluding diaryl/α,β-unsaturated/α-hetero) is 1. The number of halogens is 1. The zero-order valence-electron chi connectivity index (χ0n) is 13.4. The first kappa shape index (κ1) is 18.3. The van der Waals surface area contributed by atoms with Crippen LogP contribution in [-0.2, 0) is 16.0 Å². The van der Waals surface area contributed by atoms with Crippen molar-refractivity contribution in [2.75, 3.05) is 6.67 Å². The highest BCUT2D eigenvalue weighted by molar-refractivity contribution is 5.99. The van der Waals surface area contributed by atoms with Gasteiger partial charge in [-0.1, -0.05) is 42.5 Å². The predicted molar refractivity (Wildman–Crippen MR) is 90.2 cm³/mol. The van der Waals surface area contributed by atoms with Gasteiger partial charge >= 0.3 is 5.97 Å². The van der Waals surface area contributed by atoms with Gasteiger partial charge in [0.15, 0.2) is 5.78 Å². The van der Waals surface area contributed by atoms with E-state index in [-0.39, 0.29) is 5.56 Å². The van der Waals surface area contributed by atoms with Crippen molar-refractivity contribution in [3.05, 3.63) is 71.3 Å². The van der Waals surface area contributed by atoms with Gasteiger partial charge < -0.3 is 10.4 Å². The van der Waals surface area contributed by atoms with E-state index in [9.17, 15) is 18.8 Å². The number of rotatable bonds is 8. The van der Waals surface area contributed by atoms with Gasteiger partial charge in [0.1, 0.15) is 12.7 Å². The van der Waals surface area contributed by atoms with E-state index >= 15 is 0 Å². The second kappa shape index (κ2) is 8.73. The lowest BCUT2D eigenvalue weighted by Gasteiger charge is -2.14. The first-order chi connectivity index (χ1) is 12.0. The molecule has 2 aromatic rings. The molecular weight excluding hydrogens is 325 g/mol. The van der Waals surface area contributed by atoms with E-state index < -0.39 is 36.8 Å². The van der Waals surface area contributed by atoms with Gasteiger partial charge in [-0.2, -0.15) is 0 Å². The average Bonchev–Trinajstić information content (AvgIpc) is 2.61. The summed E-state index contributed by atoms with van der Waals surface area (Å²) < 4.78 is 12.6. The average molecular weight is 343 g/mol. The normalized spacial score (nSPS) is 11.6. The molecule has 130 valence electrons. The van der Waals surface area contributed by atoms with E-state index in [1.165, 1.54) is 0 Å². The van der Waals surface area contributed by atoms with Crippen molar-refractivity contribution in [2.24, 2.45) is 0 Å². The minimum absolute atomic E-state index is 0.287. The van der Waals surface area contributed by atoms with Crippen molar-refractivity contribution >= 4 is 17.7 Å². The molecule has 0 aliphatic rings. The molecule has 25 heavy (non-hydrogen) atoms. The number of carbonyl (C=O) groups excluding carboxylic acids is 2. The molecule has 0 heterocycles. The summed E-state index contributed by atoms with van der Waals surface area (Å²) in [4.78, 5) is 34.5. The molecule has 5 nitrogen and oxygen atoms in total. The summed E-state index contributed by atoms with van der Waals surface area (Å²) in [5.41, 5.74) is 2.26. The molecule has 1 unspecified atom stereocenters. The number of hydrogen-bond acceptors (Lipinski definition) is 3. The third-order valence-electron chi connectivity index (χ3n) is 3.64. The molecule has 1 amide bonds. The number of carboxylic acid groups (broad SMARTS) is 1. The molecule has 1 atom stereocenters. The number of alkyl halides is 1. The monoisotopic (exact) mass is 343 g/mol. The molecule has 0 aliphatic carbocycles. The van der Waals surface area contributed by atoms with Crippen LogP contribution in [0.2, 0.25) is 0 Å². The molecule has 0 saturated carbocycles. The number of carbonyl (C=O) groups is 3. The van der Waals surface area contributed by atoms with E-state index in [1.54, 1.807) is 18.2 Å². The number of aliphatic carboxylic acids is 1. The first-order valence-electron chi connectivity index (χ1n) is 7.74. The number of carboxylic acids is 1. The van der Waals surface area contributed by atoms with Crippen molar-refractivity contribution in [1.82, 2.24) is 5.32 Å². The predicted octanol–water partition coefficient (Wildman–Crippen LogP) is 2.39. The summed E-state index contributed by atoms with van der Waals surface area (Å²) in [6.45, 7) is -1.33. The number of benzene rings is 2. The lowest BCUT2D eigenvalue weighted by atomic mass is 10.0. The Morgan fingerprint density at radius 3 is 2.32 bits per heavy atom. The first-order valence-corrected chi connectivity index (χ1v) is 7.74. The van der Waals surface area contributed by atoms with E-state index in [0.717, 1.165) is 11.1 Å². The molecule has 0 bridgehead atoms. The Hall–Kier alpha value is -3.02. The summed E-state index contributed by atoms with van der Waals surface area (Å²) >= 11 is 0. The van der Waals surface area contributed by atoms with E-state index in [4.69, 9.17) is 5.11 Å². The third kappa shape index (κ3) is 5.53. The summed E-state index contributed by atoms with van der Waals surface area (Å²) in [7, 11) is 0. The highest BCUT2D eigenvalue weighted by Gasteiger charge is 2.24. The standard InChI is InChI=1S/C19H18FNO4/c20-12-17(22)16(11-18(23)24)21-19(25)15-8-4-7-14(10-15)9-13-5-2-1-3-6-13/h1-8,10,16H,9,11-12H2,(H,21,25)(H,23,24). The van der Waals surface area contributed by atoms with E-state index in [2.05, 4.69) is 5.32 Å². The van der Waals surface area contributed by atoms with Crippen molar-refractivity contribution < 1.29 is 23.9 Å². The topological polar surface area (TPSA) is 83.5 Å². The largest absolute Gasteiger partial charge is 0.481 e. The minimum Gasteiger partial charge on any atom is -0.481 e. The maximum Gasteiger partial charge on any atom is 0.305 e. The van der Waals surface area contributed by atoms with Crippen LogP contribution >= 0.6 is 0 Å². The molecule has 0 radical (unpaired) electrons. The third-order valence-corrected chi connectivity index (χ3v) is 3.64. The summed E-state index contributed by atoms with van der Waals surface area (Å²) in [5, 5.41) is 11.1. The highest BCUT2D eigenvalue weighted by atomic mass is 19.1. The number of amides is 1. The van der Waals surface area contributed by atoms with Gasteiger partial charge in [-0.25, -0.2) is 4.39 Å². The van der Waals surface area contributed by atoms with Crippen molar-refractivity contribution in [2.45, 2.75) is 18.9 Å². The molecule has 6 heteroatoms. The van der Waals surface area contributed by atoms with Crippen LogP contribution in [0, 0.1) is 0 Å². The Bertz CT molecular complexity index is 761. The Labute approximate surface area is 144 Å². The maximum absolute atomic E-state index is 12.6. The Balaban J connectivity index is 2.11. The lowest BCUT2D eigenvalue weighted by Crippen LogP contribution is -2.43. The van der Waals surface area contributed by atoms with Crippen LogP contribution in [0.5, 0.6) is 0 Å². The van der Waals surface area contributed by atoms with Gasteiger partial charge in [-0.05, 0) is 29.7 Å². The van der Waals surface area contributed by atoms with Gasteiger partial charge in [0.2, 0.25) is 0 Å². The molecule has 0 fully saturated rings. The van der Waals surface area contributed by atoms with Gasteiger partial charge in [0.05, 0.1) is 6.42 Å². The van der Waals surface area contributed by atoms with Crippen LogP contribution < -0.4 is 5.32 Å². The fourth-order valence-electron chi connectivity index (χ4n) is 2.41. The van der Waals surface area contributed by atoms with Gasteiger partial charge in [0, 0.05) is 5.56 Å². The van der Waals surface area contributed by atoms with E-state index in [0.29, 0.717) is 6.42 Å². The number of hydrogen-bond donors (Lipinski definition) is 2. The number of ketones is 1.